The molecule has 0 bridgehead atoms. The van der Waals surface area contributed by atoms with Gasteiger partial charge in [-0.2, -0.15) is 27.8 Å². The number of aromatic nitrogens is 6. The standard InChI is InChI=1S/C14H10BrF2N3O2.C14H11F2N3O2/c15-12-6-19-20-7-10(5-18-13(12)20)9-1-3-11(4-2-9)22-14(16,17)8-21;15-14(16,9-20)21-12-3-1-10(2-4-12)11-7-17-13-5-6-18-19(13)8-11/h1-7,21H,8H2;1-8,20H,9H2. The van der Waals surface area contributed by atoms with Crippen LogP contribution in [0.25, 0.3) is 33.5 Å². The predicted octanol–water partition coefficient (Wildman–Crippen LogP) is 5.48. The van der Waals surface area contributed by atoms with Gasteiger partial charge in [0.15, 0.2) is 11.3 Å². The quantitative estimate of drug-likeness (QED) is 0.206. The number of benzene rings is 2. The van der Waals surface area contributed by atoms with Gasteiger partial charge in [0.1, 0.15) is 24.7 Å². The van der Waals surface area contributed by atoms with Crippen LogP contribution in [0.4, 0.5) is 17.6 Å². The molecule has 2 aromatic carbocycles. The van der Waals surface area contributed by atoms with E-state index in [0.717, 1.165) is 32.4 Å². The van der Waals surface area contributed by atoms with E-state index in [9.17, 15) is 17.6 Å². The molecule has 6 aromatic rings. The first-order chi connectivity index (χ1) is 20.6. The van der Waals surface area contributed by atoms with Gasteiger partial charge < -0.3 is 19.7 Å². The summed E-state index contributed by atoms with van der Waals surface area (Å²) in [5.74, 6) is -0.0513. The maximum atomic E-state index is 12.9. The number of halogens is 5. The average Bonchev–Trinajstić information content (AvgIpc) is 3.63. The maximum Gasteiger partial charge on any atom is 0.421 e. The van der Waals surface area contributed by atoms with Crippen molar-refractivity contribution < 1.29 is 37.2 Å². The molecule has 2 N–H and O–H groups in total. The van der Waals surface area contributed by atoms with Crippen molar-refractivity contribution in [1.82, 2.24) is 29.2 Å². The Morgan fingerprint density at radius 3 is 1.70 bits per heavy atom. The molecule has 0 amide bonds. The number of ether oxygens (including phenoxy) is 2. The van der Waals surface area contributed by atoms with Crippen LogP contribution in [-0.2, 0) is 0 Å². The highest BCUT2D eigenvalue weighted by Gasteiger charge is 2.31. The lowest BCUT2D eigenvalue weighted by Gasteiger charge is -2.15. The van der Waals surface area contributed by atoms with Crippen molar-refractivity contribution in [2.24, 2.45) is 0 Å². The first kappa shape index (κ1) is 29.9. The van der Waals surface area contributed by atoms with E-state index < -0.39 is 25.4 Å². The number of alkyl halides is 4. The Kier molecular flexibility index (Phi) is 8.57. The third-order valence-corrected chi connectivity index (χ3v) is 6.40. The summed E-state index contributed by atoms with van der Waals surface area (Å²) in [6.45, 7) is -2.74. The average molecular weight is 661 g/mol. The zero-order valence-electron chi connectivity index (χ0n) is 21.9. The number of nitrogens with zero attached hydrogens (tertiary/aromatic N) is 6. The molecule has 0 fully saturated rings. The van der Waals surface area contributed by atoms with Gasteiger partial charge in [-0.1, -0.05) is 24.3 Å². The van der Waals surface area contributed by atoms with Gasteiger partial charge in [-0.25, -0.2) is 19.0 Å². The third-order valence-electron chi connectivity index (χ3n) is 5.84. The summed E-state index contributed by atoms with van der Waals surface area (Å²) >= 11 is 3.34. The monoisotopic (exact) mass is 660 g/mol. The van der Waals surface area contributed by atoms with Crippen LogP contribution in [0.2, 0.25) is 0 Å². The fraction of sp³-hybridized carbons (Fsp3) is 0.143. The third kappa shape index (κ3) is 7.25. The summed E-state index contributed by atoms with van der Waals surface area (Å²) < 4.78 is 64.5. The minimum absolute atomic E-state index is 0.0223. The molecule has 222 valence electrons. The molecule has 0 saturated heterocycles. The van der Waals surface area contributed by atoms with Crippen molar-refractivity contribution in [1.29, 1.82) is 0 Å². The Bertz CT molecular complexity index is 1830. The van der Waals surface area contributed by atoms with Crippen LogP contribution >= 0.6 is 15.9 Å². The molecule has 4 heterocycles. The van der Waals surface area contributed by atoms with Crippen LogP contribution in [0.15, 0.2) is 96.3 Å². The van der Waals surface area contributed by atoms with E-state index in [-0.39, 0.29) is 11.5 Å². The molecule has 0 aliphatic carbocycles. The van der Waals surface area contributed by atoms with Gasteiger partial charge in [0.2, 0.25) is 0 Å². The van der Waals surface area contributed by atoms with Crippen LogP contribution < -0.4 is 9.47 Å². The Morgan fingerprint density at radius 1 is 0.651 bits per heavy atom. The summed E-state index contributed by atoms with van der Waals surface area (Å²) in [6.07, 6.45) is 3.02. The van der Waals surface area contributed by atoms with E-state index in [1.807, 2.05) is 0 Å². The minimum Gasteiger partial charge on any atom is -0.431 e. The molecular weight excluding hydrogens is 640 g/mol. The lowest BCUT2D eigenvalue weighted by molar-refractivity contribution is -0.201. The predicted molar refractivity (Wildman–Crippen MR) is 150 cm³/mol. The lowest BCUT2D eigenvalue weighted by atomic mass is 10.1. The first-order valence-electron chi connectivity index (χ1n) is 12.4. The van der Waals surface area contributed by atoms with Crippen LogP contribution in [0, 0.1) is 0 Å². The van der Waals surface area contributed by atoms with E-state index in [2.05, 4.69) is 45.6 Å². The smallest absolute Gasteiger partial charge is 0.421 e. The summed E-state index contributed by atoms with van der Waals surface area (Å²) in [5.41, 5.74) is 4.56. The van der Waals surface area contributed by atoms with Crippen molar-refractivity contribution in [2.75, 3.05) is 13.2 Å². The molecule has 10 nitrogen and oxygen atoms in total. The molecule has 6 rings (SSSR count). The molecule has 0 saturated carbocycles. The van der Waals surface area contributed by atoms with Gasteiger partial charge in [-0.3, -0.25) is 0 Å². The Hall–Kier alpha value is -4.60. The van der Waals surface area contributed by atoms with E-state index >= 15 is 0 Å². The molecule has 0 aliphatic heterocycles. The van der Waals surface area contributed by atoms with Crippen LogP contribution in [-0.4, -0.2) is 64.8 Å². The molecule has 0 radical (unpaired) electrons. The summed E-state index contributed by atoms with van der Waals surface area (Å²) in [7, 11) is 0. The highest BCUT2D eigenvalue weighted by atomic mass is 79.9. The molecule has 0 atom stereocenters. The molecule has 0 unspecified atom stereocenters. The fourth-order valence-corrected chi connectivity index (χ4v) is 4.17. The van der Waals surface area contributed by atoms with Gasteiger partial charge in [0.25, 0.3) is 0 Å². The van der Waals surface area contributed by atoms with Crippen molar-refractivity contribution >= 4 is 27.2 Å². The molecular formula is C28H21BrF4N6O4. The van der Waals surface area contributed by atoms with Gasteiger partial charge in [-0.15, -0.1) is 0 Å². The SMILES string of the molecule is OCC(F)(F)Oc1ccc(-c2cnc3c(Br)cnn3c2)cc1.OCC(F)(F)Oc1ccc(-c2cnc3ccnn3c2)cc1. The second-order valence-electron chi connectivity index (χ2n) is 8.92. The molecule has 43 heavy (non-hydrogen) atoms. The number of fused-ring (bicyclic) bond motifs is 2. The summed E-state index contributed by atoms with van der Waals surface area (Å²) in [4.78, 5) is 8.51. The first-order valence-corrected chi connectivity index (χ1v) is 13.2. The van der Waals surface area contributed by atoms with Gasteiger partial charge in [0.05, 0.1) is 16.9 Å². The minimum atomic E-state index is -3.59. The number of aliphatic hydroxyl groups is 2. The normalized spacial score (nSPS) is 11.8. The molecule has 0 spiro atoms. The molecule has 15 heteroatoms. The molecule has 4 aromatic heterocycles. The van der Waals surface area contributed by atoms with Crippen molar-refractivity contribution in [2.45, 2.75) is 12.2 Å². The van der Waals surface area contributed by atoms with E-state index in [4.69, 9.17) is 10.2 Å². The summed E-state index contributed by atoms with van der Waals surface area (Å²) in [5, 5.41) is 25.2. The van der Waals surface area contributed by atoms with Crippen LogP contribution in [0.5, 0.6) is 11.5 Å². The highest BCUT2D eigenvalue weighted by molar-refractivity contribution is 9.10. The number of hydrogen-bond donors (Lipinski definition) is 2. The fourth-order valence-electron chi connectivity index (χ4n) is 3.79. The molecule has 0 aliphatic rings. The van der Waals surface area contributed by atoms with E-state index in [0.29, 0.717) is 5.65 Å². The largest absolute Gasteiger partial charge is 0.431 e. The Balaban J connectivity index is 0.000000171. The number of rotatable bonds is 8. The zero-order chi connectivity index (χ0) is 30.6. The number of aliphatic hydroxyl groups excluding tert-OH is 2. The lowest BCUT2D eigenvalue weighted by Crippen LogP contribution is -2.28. The highest BCUT2D eigenvalue weighted by Crippen LogP contribution is 2.27. The van der Waals surface area contributed by atoms with E-state index in [1.54, 1.807) is 76.5 Å². The summed E-state index contributed by atoms with van der Waals surface area (Å²) in [6, 6.07) is 13.9. The topological polar surface area (TPSA) is 119 Å². The zero-order valence-corrected chi connectivity index (χ0v) is 23.4. The van der Waals surface area contributed by atoms with E-state index in [1.165, 1.54) is 24.3 Å². The van der Waals surface area contributed by atoms with Gasteiger partial charge in [0, 0.05) is 42.0 Å². The second kappa shape index (κ2) is 12.3. The van der Waals surface area contributed by atoms with Gasteiger partial charge in [-0.05, 0) is 51.3 Å². The van der Waals surface area contributed by atoms with Crippen LogP contribution in [0.1, 0.15) is 0 Å². The van der Waals surface area contributed by atoms with Crippen molar-refractivity contribution in [3.05, 3.63) is 96.3 Å². The Labute approximate surface area is 248 Å². The second-order valence-corrected chi connectivity index (χ2v) is 9.78. The van der Waals surface area contributed by atoms with Crippen molar-refractivity contribution in [3.8, 4) is 33.8 Å². The maximum absolute atomic E-state index is 12.9. The van der Waals surface area contributed by atoms with Crippen LogP contribution in [0.3, 0.4) is 0 Å². The number of hydrogen-bond acceptors (Lipinski definition) is 8. The Morgan fingerprint density at radius 2 is 1.16 bits per heavy atom. The van der Waals surface area contributed by atoms with Gasteiger partial charge >= 0.3 is 12.2 Å². The van der Waals surface area contributed by atoms with Crippen molar-refractivity contribution in [3.63, 3.8) is 0 Å².